The molecule has 0 fully saturated rings. The van der Waals surface area contributed by atoms with Crippen LogP contribution < -0.4 is 9.64 Å². The van der Waals surface area contributed by atoms with Crippen LogP contribution in [-0.2, 0) is 4.79 Å². The molecule has 1 amide bonds. The summed E-state index contributed by atoms with van der Waals surface area (Å²) in [6, 6.07) is 5.23. The van der Waals surface area contributed by atoms with Gasteiger partial charge in [-0.15, -0.1) is 0 Å². The number of amides is 1. The fourth-order valence-electron chi connectivity index (χ4n) is 2.47. The van der Waals surface area contributed by atoms with Crippen molar-refractivity contribution in [2.24, 2.45) is 0 Å². The predicted molar refractivity (Wildman–Crippen MR) is 88.2 cm³/mol. The Morgan fingerprint density at radius 2 is 2.35 bits per heavy atom. The second-order valence-corrected chi connectivity index (χ2v) is 6.46. The third-order valence-corrected chi connectivity index (χ3v) is 4.65. The first-order valence-corrected chi connectivity index (χ1v) is 8.25. The van der Waals surface area contributed by atoms with Gasteiger partial charge >= 0.3 is 0 Å². The van der Waals surface area contributed by atoms with Crippen molar-refractivity contribution >= 4 is 29.1 Å². The number of imidazole rings is 1. The smallest absolute Gasteiger partial charge is 0.265 e. The van der Waals surface area contributed by atoms with E-state index in [9.17, 15) is 9.59 Å². The average Bonchev–Trinajstić information content (AvgIpc) is 3.06. The van der Waals surface area contributed by atoms with Gasteiger partial charge in [0.2, 0.25) is 0 Å². The molecule has 1 aromatic carbocycles. The van der Waals surface area contributed by atoms with E-state index >= 15 is 0 Å². The van der Waals surface area contributed by atoms with E-state index in [1.54, 1.807) is 35.5 Å². The number of benzene rings is 1. The largest absolute Gasteiger partial charge is 0.482 e. The normalized spacial score (nSPS) is 15.0. The van der Waals surface area contributed by atoms with E-state index in [-0.39, 0.29) is 23.5 Å². The van der Waals surface area contributed by atoms with Gasteiger partial charge < -0.3 is 14.6 Å². The molecule has 0 aliphatic carbocycles. The van der Waals surface area contributed by atoms with Crippen molar-refractivity contribution in [3.05, 3.63) is 36.2 Å². The topological polar surface area (TPSA) is 75.3 Å². The van der Waals surface area contributed by atoms with E-state index in [0.717, 1.165) is 0 Å². The number of carbonyl (C=O) groups is 2. The Hall–Kier alpha value is -2.28. The Morgan fingerprint density at radius 1 is 1.52 bits per heavy atom. The van der Waals surface area contributed by atoms with Gasteiger partial charge in [0.05, 0.1) is 10.9 Å². The number of likely N-dealkylation sites (N-methyl/N-ethyl adjacent to an activating group) is 1. The Labute approximate surface area is 138 Å². The van der Waals surface area contributed by atoms with Crippen LogP contribution in [0.15, 0.2) is 35.7 Å². The molecule has 0 spiro atoms. The minimum absolute atomic E-state index is 0.0109. The molecule has 6 nitrogen and oxygen atoms in total. The van der Waals surface area contributed by atoms with Crippen molar-refractivity contribution in [1.29, 1.82) is 0 Å². The maximum atomic E-state index is 12.6. The van der Waals surface area contributed by atoms with Crippen LogP contribution in [0.3, 0.4) is 0 Å². The number of ketones is 1. The van der Waals surface area contributed by atoms with Crippen LogP contribution in [0.4, 0.5) is 5.69 Å². The third kappa shape index (κ3) is 3.10. The van der Waals surface area contributed by atoms with E-state index in [1.165, 1.54) is 11.8 Å². The zero-order valence-corrected chi connectivity index (χ0v) is 13.7. The van der Waals surface area contributed by atoms with Crippen LogP contribution in [0.1, 0.15) is 24.2 Å². The number of H-pyrrole nitrogens is 1. The Morgan fingerprint density at radius 3 is 3.04 bits per heavy atom. The van der Waals surface area contributed by atoms with E-state index in [2.05, 4.69) is 9.97 Å². The summed E-state index contributed by atoms with van der Waals surface area (Å²) in [7, 11) is 0. The minimum atomic E-state index is -0.283. The Kier molecular flexibility index (Phi) is 4.38. The number of ether oxygens (including phenoxy) is 1. The molecule has 2 aromatic rings. The van der Waals surface area contributed by atoms with Gasteiger partial charge in [-0.1, -0.05) is 11.8 Å². The molecule has 3 rings (SSSR count). The first-order valence-electron chi connectivity index (χ1n) is 7.37. The molecule has 1 aromatic heterocycles. The predicted octanol–water partition coefficient (Wildman–Crippen LogP) is 2.52. The van der Waals surface area contributed by atoms with Gasteiger partial charge in [-0.05, 0) is 32.0 Å². The van der Waals surface area contributed by atoms with Crippen molar-refractivity contribution in [2.75, 3.05) is 18.1 Å². The number of anilines is 1. The summed E-state index contributed by atoms with van der Waals surface area (Å²) in [5.74, 6) is 0.528. The molecule has 120 valence electrons. The molecule has 23 heavy (non-hydrogen) atoms. The molecule has 0 saturated carbocycles. The van der Waals surface area contributed by atoms with E-state index < -0.39 is 0 Å². The lowest BCUT2D eigenvalue weighted by Gasteiger charge is -2.28. The summed E-state index contributed by atoms with van der Waals surface area (Å²) in [6.45, 7) is 4.33. The van der Waals surface area contributed by atoms with Crippen molar-refractivity contribution in [3.8, 4) is 5.75 Å². The van der Waals surface area contributed by atoms with E-state index in [0.29, 0.717) is 28.7 Å². The average molecular weight is 331 g/mol. The quantitative estimate of drug-likeness (QED) is 0.673. The third-order valence-electron chi connectivity index (χ3n) is 3.63. The number of rotatable bonds is 5. The molecule has 1 aliphatic rings. The number of carbonyl (C=O) groups excluding carboxylic acids is 2. The van der Waals surface area contributed by atoms with Gasteiger partial charge in [-0.3, -0.25) is 9.59 Å². The molecule has 1 atom stereocenters. The van der Waals surface area contributed by atoms with Crippen LogP contribution >= 0.6 is 11.8 Å². The van der Waals surface area contributed by atoms with E-state index in [1.807, 2.05) is 13.8 Å². The maximum absolute atomic E-state index is 12.6. The van der Waals surface area contributed by atoms with Crippen molar-refractivity contribution in [2.45, 2.75) is 24.3 Å². The molecule has 0 radical (unpaired) electrons. The number of Topliss-reactive ketones (excluding diaryl/α,β-unsaturated/α-hetero) is 1. The molecule has 2 heterocycles. The first kappa shape index (κ1) is 15.6. The van der Waals surface area contributed by atoms with Crippen LogP contribution in [0.5, 0.6) is 5.75 Å². The van der Waals surface area contributed by atoms with Gasteiger partial charge in [-0.2, -0.15) is 0 Å². The molecular formula is C16H17N3O3S. The van der Waals surface area contributed by atoms with Crippen LogP contribution in [0.25, 0.3) is 0 Å². The van der Waals surface area contributed by atoms with Crippen molar-refractivity contribution in [3.63, 3.8) is 0 Å². The first-order chi connectivity index (χ1) is 11.1. The number of nitrogens with one attached hydrogen (secondary N) is 1. The lowest BCUT2D eigenvalue weighted by Crippen LogP contribution is -2.38. The van der Waals surface area contributed by atoms with Gasteiger partial charge in [0, 0.05) is 24.5 Å². The molecule has 0 bridgehead atoms. The number of nitrogens with zero attached hydrogens (tertiary/aromatic N) is 2. The summed E-state index contributed by atoms with van der Waals surface area (Å²) in [4.78, 5) is 33.3. The van der Waals surface area contributed by atoms with Crippen LogP contribution in [0.2, 0.25) is 0 Å². The number of aromatic amines is 1. The number of aromatic nitrogens is 2. The number of hydrogen-bond acceptors (Lipinski definition) is 5. The summed E-state index contributed by atoms with van der Waals surface area (Å²) in [5, 5.41) is 0.423. The van der Waals surface area contributed by atoms with E-state index in [4.69, 9.17) is 4.74 Å². The number of hydrogen-bond donors (Lipinski definition) is 1. The van der Waals surface area contributed by atoms with Crippen molar-refractivity contribution < 1.29 is 14.3 Å². The van der Waals surface area contributed by atoms with Crippen molar-refractivity contribution in [1.82, 2.24) is 9.97 Å². The monoisotopic (exact) mass is 331 g/mol. The minimum Gasteiger partial charge on any atom is -0.482 e. The molecule has 1 N–H and O–H groups in total. The summed E-state index contributed by atoms with van der Waals surface area (Å²) in [6.07, 6.45) is 3.38. The molecule has 7 heteroatoms. The second-order valence-electron chi connectivity index (χ2n) is 5.13. The standard InChI is InChI=1S/C16H17N3O3S/c1-3-19-12-8-11(4-5-13(12)22-9-14(19)20)15(21)10(2)23-16-17-6-7-18-16/h4-8,10H,3,9H2,1-2H3,(H,17,18). The molecule has 1 unspecified atom stereocenters. The fourth-order valence-corrected chi connectivity index (χ4v) is 3.31. The maximum Gasteiger partial charge on any atom is 0.265 e. The van der Waals surface area contributed by atoms with Gasteiger partial charge in [0.15, 0.2) is 17.5 Å². The second kappa shape index (κ2) is 6.45. The number of thioether (sulfide) groups is 1. The highest BCUT2D eigenvalue weighted by molar-refractivity contribution is 8.00. The Bertz CT molecular complexity index is 730. The highest BCUT2D eigenvalue weighted by atomic mass is 32.2. The summed E-state index contributed by atoms with van der Waals surface area (Å²) < 4.78 is 5.43. The number of fused-ring (bicyclic) bond motifs is 1. The molecular weight excluding hydrogens is 314 g/mol. The highest BCUT2D eigenvalue weighted by Crippen LogP contribution is 2.34. The van der Waals surface area contributed by atoms with Gasteiger partial charge in [0.1, 0.15) is 5.75 Å². The van der Waals surface area contributed by atoms with Crippen LogP contribution in [0, 0.1) is 0 Å². The lowest BCUT2D eigenvalue weighted by atomic mass is 10.1. The highest BCUT2D eigenvalue weighted by Gasteiger charge is 2.26. The Balaban J connectivity index is 1.84. The van der Waals surface area contributed by atoms with Crippen LogP contribution in [-0.4, -0.2) is 40.1 Å². The summed E-state index contributed by atoms with van der Waals surface area (Å²) >= 11 is 1.37. The van der Waals surface area contributed by atoms with Gasteiger partial charge in [0.25, 0.3) is 5.91 Å². The SMILES string of the molecule is CCN1C(=O)COc2ccc(C(=O)C(C)Sc3ncc[nH]3)cc21. The van der Waals surface area contributed by atoms with Gasteiger partial charge in [-0.25, -0.2) is 4.98 Å². The molecule has 0 saturated heterocycles. The summed E-state index contributed by atoms with van der Waals surface area (Å²) in [5.41, 5.74) is 1.22. The zero-order valence-electron chi connectivity index (χ0n) is 12.9. The zero-order chi connectivity index (χ0) is 16.4. The molecule has 1 aliphatic heterocycles. The fraction of sp³-hybridized carbons (Fsp3) is 0.312. The lowest BCUT2D eigenvalue weighted by molar-refractivity contribution is -0.121.